The highest BCUT2D eigenvalue weighted by Crippen LogP contribution is 2.17. The highest BCUT2D eigenvalue weighted by molar-refractivity contribution is 5.76. The van der Waals surface area contributed by atoms with Gasteiger partial charge in [0, 0.05) is 31.6 Å². The number of carbonyl (C=O) groups excluding carboxylic acids is 1. The van der Waals surface area contributed by atoms with Crippen LogP contribution in [0.2, 0.25) is 0 Å². The first-order valence-corrected chi connectivity index (χ1v) is 7.01. The highest BCUT2D eigenvalue weighted by atomic mass is 16.1. The molecule has 1 N–H and O–H groups in total. The Kier molecular flexibility index (Phi) is 4.67. The zero-order valence-electron chi connectivity index (χ0n) is 12.7. The van der Waals surface area contributed by atoms with E-state index in [-0.39, 0.29) is 11.3 Å². The summed E-state index contributed by atoms with van der Waals surface area (Å²) in [6.07, 6.45) is 7.35. The van der Waals surface area contributed by atoms with E-state index in [4.69, 9.17) is 0 Å². The van der Waals surface area contributed by atoms with Crippen LogP contribution in [0.5, 0.6) is 0 Å². The predicted molar refractivity (Wildman–Crippen MR) is 80.3 cm³/mol. The molecular weight excluding hydrogens is 266 g/mol. The minimum atomic E-state index is 0.00886. The second-order valence-corrected chi connectivity index (χ2v) is 6.14. The Morgan fingerprint density at radius 2 is 2.10 bits per heavy atom. The maximum atomic E-state index is 11.7. The van der Waals surface area contributed by atoms with E-state index < -0.39 is 0 Å². The molecule has 0 unspecified atom stereocenters. The lowest BCUT2D eigenvalue weighted by Gasteiger charge is -2.17. The third kappa shape index (κ3) is 4.98. The Labute approximate surface area is 124 Å². The second-order valence-electron chi connectivity index (χ2n) is 6.14. The molecule has 2 aromatic heterocycles. The highest BCUT2D eigenvalue weighted by Gasteiger charge is 2.15. The van der Waals surface area contributed by atoms with Crippen molar-refractivity contribution in [3.05, 3.63) is 30.9 Å². The van der Waals surface area contributed by atoms with Crippen LogP contribution in [0.3, 0.4) is 0 Å². The van der Waals surface area contributed by atoms with Crippen molar-refractivity contribution in [2.45, 2.75) is 33.7 Å². The lowest BCUT2D eigenvalue weighted by atomic mass is 9.92. The van der Waals surface area contributed by atoms with E-state index in [9.17, 15) is 4.79 Å². The van der Waals surface area contributed by atoms with E-state index in [2.05, 4.69) is 20.4 Å². The van der Waals surface area contributed by atoms with Crippen LogP contribution in [0.1, 0.15) is 27.2 Å². The summed E-state index contributed by atoms with van der Waals surface area (Å²) in [5, 5.41) is 7.32. The van der Waals surface area contributed by atoms with Gasteiger partial charge in [0.15, 0.2) is 0 Å². The maximum absolute atomic E-state index is 11.7. The van der Waals surface area contributed by atoms with E-state index in [0.29, 0.717) is 19.5 Å². The summed E-state index contributed by atoms with van der Waals surface area (Å²) in [5.74, 6) is 0.0730. The smallest absolute Gasteiger partial charge is 0.220 e. The predicted octanol–water partition coefficient (Wildman–Crippen LogP) is 1.89. The molecular formula is C15H21N5O. The summed E-state index contributed by atoms with van der Waals surface area (Å²) < 4.78 is 1.79. The first kappa shape index (κ1) is 15.2. The average molecular weight is 287 g/mol. The molecule has 21 heavy (non-hydrogen) atoms. The molecule has 2 aromatic rings. The molecule has 112 valence electrons. The summed E-state index contributed by atoms with van der Waals surface area (Å²) in [4.78, 5) is 19.9. The van der Waals surface area contributed by atoms with Crippen LogP contribution in [-0.2, 0) is 11.3 Å². The SMILES string of the molecule is CC(C)(C)CC(=O)NCCn1ccc(-c2cnccn2)n1. The van der Waals surface area contributed by atoms with Crippen molar-refractivity contribution in [1.82, 2.24) is 25.1 Å². The number of hydrogen-bond donors (Lipinski definition) is 1. The lowest BCUT2D eigenvalue weighted by molar-refractivity contribution is -0.122. The van der Waals surface area contributed by atoms with Gasteiger partial charge in [0.25, 0.3) is 0 Å². The van der Waals surface area contributed by atoms with Crippen molar-refractivity contribution in [1.29, 1.82) is 0 Å². The van der Waals surface area contributed by atoms with E-state index >= 15 is 0 Å². The summed E-state index contributed by atoms with van der Waals surface area (Å²) in [6.45, 7) is 7.35. The molecule has 1 amide bonds. The van der Waals surface area contributed by atoms with Crippen LogP contribution < -0.4 is 5.32 Å². The van der Waals surface area contributed by atoms with Crippen molar-refractivity contribution >= 4 is 5.91 Å². The van der Waals surface area contributed by atoms with Crippen LogP contribution in [0, 0.1) is 5.41 Å². The van der Waals surface area contributed by atoms with Gasteiger partial charge in [0.1, 0.15) is 11.4 Å². The zero-order valence-corrected chi connectivity index (χ0v) is 12.7. The molecule has 0 aliphatic rings. The molecule has 2 heterocycles. The number of rotatable bonds is 5. The molecule has 0 saturated carbocycles. The number of hydrogen-bond acceptors (Lipinski definition) is 4. The van der Waals surface area contributed by atoms with Gasteiger partial charge in [-0.05, 0) is 11.5 Å². The van der Waals surface area contributed by atoms with Gasteiger partial charge in [-0.1, -0.05) is 20.8 Å². The molecule has 0 aliphatic heterocycles. The standard InChI is InChI=1S/C15H21N5O/c1-15(2,3)10-14(21)18-7-9-20-8-4-12(19-20)13-11-16-5-6-17-13/h4-6,8,11H,7,9-10H2,1-3H3,(H,18,21). The molecule has 6 nitrogen and oxygen atoms in total. The van der Waals surface area contributed by atoms with Crippen molar-refractivity contribution in [3.8, 4) is 11.4 Å². The summed E-state index contributed by atoms with van der Waals surface area (Å²) in [7, 11) is 0. The number of carbonyl (C=O) groups is 1. The summed E-state index contributed by atoms with van der Waals surface area (Å²) in [5.41, 5.74) is 1.53. The van der Waals surface area contributed by atoms with Gasteiger partial charge in [-0.25, -0.2) is 0 Å². The Hall–Kier alpha value is -2.24. The van der Waals surface area contributed by atoms with E-state index in [1.165, 1.54) is 0 Å². The number of amides is 1. The van der Waals surface area contributed by atoms with Gasteiger partial charge in [0.05, 0.1) is 12.7 Å². The maximum Gasteiger partial charge on any atom is 0.220 e. The molecule has 0 saturated heterocycles. The zero-order chi connectivity index (χ0) is 15.3. The van der Waals surface area contributed by atoms with Crippen LogP contribution in [-0.4, -0.2) is 32.2 Å². The van der Waals surface area contributed by atoms with Gasteiger partial charge in [-0.2, -0.15) is 5.10 Å². The van der Waals surface area contributed by atoms with Crippen LogP contribution in [0.25, 0.3) is 11.4 Å². The fraction of sp³-hybridized carbons (Fsp3) is 0.467. The van der Waals surface area contributed by atoms with Crippen molar-refractivity contribution in [2.75, 3.05) is 6.54 Å². The number of nitrogens with zero attached hydrogens (tertiary/aromatic N) is 4. The molecule has 0 fully saturated rings. The minimum Gasteiger partial charge on any atom is -0.354 e. The van der Waals surface area contributed by atoms with Crippen LogP contribution in [0.4, 0.5) is 0 Å². The molecule has 0 bridgehead atoms. The van der Waals surface area contributed by atoms with Gasteiger partial charge < -0.3 is 5.32 Å². The van der Waals surface area contributed by atoms with Gasteiger partial charge in [-0.15, -0.1) is 0 Å². The first-order chi connectivity index (χ1) is 9.94. The van der Waals surface area contributed by atoms with Crippen molar-refractivity contribution in [2.24, 2.45) is 5.41 Å². The van der Waals surface area contributed by atoms with Crippen LogP contribution >= 0.6 is 0 Å². The Morgan fingerprint density at radius 1 is 1.29 bits per heavy atom. The second kappa shape index (κ2) is 6.47. The van der Waals surface area contributed by atoms with Crippen molar-refractivity contribution in [3.63, 3.8) is 0 Å². The summed E-state index contributed by atoms with van der Waals surface area (Å²) in [6, 6.07) is 1.89. The van der Waals surface area contributed by atoms with Crippen LogP contribution in [0.15, 0.2) is 30.9 Å². The quantitative estimate of drug-likeness (QED) is 0.911. The van der Waals surface area contributed by atoms with E-state index in [0.717, 1.165) is 11.4 Å². The average Bonchev–Trinajstić information content (AvgIpc) is 2.86. The van der Waals surface area contributed by atoms with Gasteiger partial charge in [-0.3, -0.25) is 19.4 Å². The Bertz CT molecular complexity index is 586. The third-order valence-corrected chi connectivity index (χ3v) is 2.82. The topological polar surface area (TPSA) is 72.7 Å². The summed E-state index contributed by atoms with van der Waals surface area (Å²) >= 11 is 0. The molecule has 0 aliphatic carbocycles. The molecule has 0 radical (unpaired) electrons. The van der Waals surface area contributed by atoms with E-state index in [1.807, 2.05) is 33.0 Å². The van der Waals surface area contributed by atoms with E-state index in [1.54, 1.807) is 23.3 Å². The third-order valence-electron chi connectivity index (χ3n) is 2.82. The largest absolute Gasteiger partial charge is 0.354 e. The fourth-order valence-corrected chi connectivity index (χ4v) is 1.91. The Morgan fingerprint density at radius 3 is 2.76 bits per heavy atom. The molecule has 2 rings (SSSR count). The monoisotopic (exact) mass is 287 g/mol. The minimum absolute atomic E-state index is 0.00886. The van der Waals surface area contributed by atoms with Gasteiger partial charge in [0.2, 0.25) is 5.91 Å². The normalized spacial score (nSPS) is 11.4. The van der Waals surface area contributed by atoms with Gasteiger partial charge >= 0.3 is 0 Å². The fourth-order valence-electron chi connectivity index (χ4n) is 1.91. The first-order valence-electron chi connectivity index (χ1n) is 7.01. The number of nitrogens with one attached hydrogen (secondary N) is 1. The van der Waals surface area contributed by atoms with Crippen molar-refractivity contribution < 1.29 is 4.79 Å². The molecule has 0 spiro atoms. The lowest BCUT2D eigenvalue weighted by Crippen LogP contribution is -2.30. The number of aromatic nitrogens is 4. The molecule has 0 aromatic carbocycles. The molecule has 0 atom stereocenters. The molecule has 6 heteroatoms. The Balaban J connectivity index is 1.83.